The quantitative estimate of drug-likeness (QED) is 0.807. The van der Waals surface area contributed by atoms with Gasteiger partial charge in [0.2, 0.25) is 0 Å². The van der Waals surface area contributed by atoms with Gasteiger partial charge in [-0.05, 0) is 36.7 Å². The summed E-state index contributed by atoms with van der Waals surface area (Å²) in [5.74, 6) is 0.931. The summed E-state index contributed by atoms with van der Waals surface area (Å²) in [6.07, 6.45) is 1.03. The van der Waals surface area contributed by atoms with Crippen molar-refractivity contribution in [2.75, 3.05) is 19.6 Å². The van der Waals surface area contributed by atoms with Gasteiger partial charge in [-0.1, -0.05) is 0 Å². The Labute approximate surface area is 98.5 Å². The molecule has 0 aliphatic carbocycles. The minimum Gasteiger partial charge on any atom is -0.440 e. The molecule has 16 heavy (non-hydrogen) atoms. The van der Waals surface area contributed by atoms with Crippen molar-refractivity contribution in [3.05, 3.63) is 23.1 Å². The normalized spacial score (nSPS) is 28.4. The summed E-state index contributed by atoms with van der Waals surface area (Å²) in [7, 11) is 0. The molecule has 2 aliphatic heterocycles. The number of furan rings is 1. The molecule has 0 radical (unpaired) electrons. The van der Waals surface area contributed by atoms with Crippen LogP contribution in [0.4, 0.5) is 0 Å². The van der Waals surface area contributed by atoms with E-state index in [4.69, 9.17) is 16.0 Å². The van der Waals surface area contributed by atoms with Gasteiger partial charge in [-0.25, -0.2) is 0 Å². The van der Waals surface area contributed by atoms with Crippen LogP contribution in [0.2, 0.25) is 5.22 Å². The zero-order chi connectivity index (χ0) is 11.1. The topological polar surface area (TPSA) is 45.5 Å². The van der Waals surface area contributed by atoms with E-state index in [9.17, 15) is 4.79 Å². The zero-order valence-corrected chi connectivity index (χ0v) is 9.54. The number of carbonyl (C=O) groups is 1. The van der Waals surface area contributed by atoms with Crippen LogP contribution in [0.25, 0.3) is 0 Å². The Morgan fingerprint density at radius 3 is 3.12 bits per heavy atom. The van der Waals surface area contributed by atoms with Crippen LogP contribution in [0.15, 0.2) is 16.5 Å². The Balaban J connectivity index is 1.72. The zero-order valence-electron chi connectivity index (χ0n) is 8.78. The van der Waals surface area contributed by atoms with E-state index in [-0.39, 0.29) is 11.1 Å². The van der Waals surface area contributed by atoms with Crippen LogP contribution in [-0.2, 0) is 0 Å². The molecule has 0 aromatic carbocycles. The number of carbonyl (C=O) groups excluding carboxylic acids is 1. The first-order chi connectivity index (χ1) is 7.75. The highest BCUT2D eigenvalue weighted by atomic mass is 35.5. The highest BCUT2D eigenvalue weighted by Gasteiger charge is 2.43. The van der Waals surface area contributed by atoms with Crippen molar-refractivity contribution in [1.82, 2.24) is 10.2 Å². The number of amides is 1. The molecule has 1 N–H and O–H groups in total. The first kappa shape index (κ1) is 10.2. The van der Waals surface area contributed by atoms with Gasteiger partial charge < -0.3 is 14.6 Å². The average Bonchev–Trinajstić information content (AvgIpc) is 2.67. The lowest BCUT2D eigenvalue weighted by Crippen LogP contribution is -2.64. The molecule has 2 aliphatic rings. The van der Waals surface area contributed by atoms with Gasteiger partial charge in [-0.15, -0.1) is 0 Å². The second-order valence-corrected chi connectivity index (χ2v) is 4.75. The molecule has 2 fully saturated rings. The molecule has 3 rings (SSSR count). The minimum atomic E-state index is -0.0324. The van der Waals surface area contributed by atoms with E-state index >= 15 is 0 Å². The van der Waals surface area contributed by atoms with Gasteiger partial charge in [0.05, 0.1) is 0 Å². The molecule has 2 saturated heterocycles. The average molecular weight is 241 g/mol. The molecule has 5 heteroatoms. The fourth-order valence-corrected chi connectivity index (χ4v) is 2.71. The molecular formula is C11H13ClN2O2. The van der Waals surface area contributed by atoms with E-state index in [2.05, 4.69) is 5.32 Å². The van der Waals surface area contributed by atoms with Crippen molar-refractivity contribution in [3.8, 4) is 0 Å². The van der Waals surface area contributed by atoms with E-state index in [1.165, 1.54) is 0 Å². The van der Waals surface area contributed by atoms with Crippen LogP contribution in [-0.4, -0.2) is 36.5 Å². The maximum Gasteiger partial charge on any atom is 0.289 e. The molecule has 1 aromatic heterocycles. The molecule has 1 amide bonds. The number of fused-ring (bicyclic) bond motifs is 1. The Bertz CT molecular complexity index is 418. The number of likely N-dealkylation sites (tertiary alicyclic amines) is 1. The van der Waals surface area contributed by atoms with Crippen LogP contribution in [0.3, 0.4) is 0 Å². The summed E-state index contributed by atoms with van der Waals surface area (Å²) >= 11 is 5.66. The Hall–Kier alpha value is -1.00. The highest BCUT2D eigenvalue weighted by Crippen LogP contribution is 2.31. The van der Waals surface area contributed by atoms with E-state index in [0.29, 0.717) is 17.7 Å². The molecule has 0 spiro atoms. The lowest BCUT2D eigenvalue weighted by atomic mass is 9.83. The van der Waals surface area contributed by atoms with E-state index in [1.807, 2.05) is 4.90 Å². The number of halogens is 1. The number of rotatable bonds is 1. The third kappa shape index (κ3) is 1.53. The number of hydrogen-bond acceptors (Lipinski definition) is 3. The van der Waals surface area contributed by atoms with Crippen LogP contribution in [0, 0.1) is 5.92 Å². The minimum absolute atomic E-state index is 0.0324. The summed E-state index contributed by atoms with van der Waals surface area (Å²) in [6, 6.07) is 3.63. The summed E-state index contributed by atoms with van der Waals surface area (Å²) in [6.45, 7) is 2.84. The largest absolute Gasteiger partial charge is 0.440 e. The molecule has 2 atom stereocenters. The Morgan fingerprint density at radius 2 is 2.44 bits per heavy atom. The van der Waals surface area contributed by atoms with Crippen LogP contribution >= 0.6 is 11.6 Å². The van der Waals surface area contributed by atoms with Gasteiger partial charge in [-0.3, -0.25) is 4.79 Å². The molecule has 0 saturated carbocycles. The molecular weight excluding hydrogens is 228 g/mol. The summed E-state index contributed by atoms with van der Waals surface area (Å²) in [5, 5.41) is 3.61. The predicted molar refractivity (Wildman–Crippen MR) is 59.5 cm³/mol. The van der Waals surface area contributed by atoms with Gasteiger partial charge in [0.1, 0.15) is 0 Å². The third-order valence-corrected chi connectivity index (χ3v) is 3.65. The van der Waals surface area contributed by atoms with Crippen molar-refractivity contribution >= 4 is 17.5 Å². The smallest absolute Gasteiger partial charge is 0.289 e. The number of hydrogen-bond donors (Lipinski definition) is 1. The first-order valence-electron chi connectivity index (χ1n) is 5.53. The Morgan fingerprint density at radius 1 is 1.56 bits per heavy atom. The van der Waals surface area contributed by atoms with Crippen molar-refractivity contribution in [1.29, 1.82) is 0 Å². The lowest BCUT2D eigenvalue weighted by Gasteiger charge is -2.50. The van der Waals surface area contributed by atoms with Gasteiger partial charge in [-0.2, -0.15) is 0 Å². The van der Waals surface area contributed by atoms with E-state index in [0.717, 1.165) is 26.1 Å². The molecule has 86 valence electrons. The van der Waals surface area contributed by atoms with E-state index in [1.54, 1.807) is 12.1 Å². The van der Waals surface area contributed by atoms with Crippen molar-refractivity contribution < 1.29 is 9.21 Å². The summed E-state index contributed by atoms with van der Waals surface area (Å²) < 4.78 is 5.14. The summed E-state index contributed by atoms with van der Waals surface area (Å²) in [4.78, 5) is 13.9. The van der Waals surface area contributed by atoms with Crippen molar-refractivity contribution in [2.24, 2.45) is 5.92 Å². The third-order valence-electron chi connectivity index (χ3n) is 3.44. The van der Waals surface area contributed by atoms with Crippen molar-refractivity contribution in [2.45, 2.75) is 12.5 Å². The van der Waals surface area contributed by atoms with Gasteiger partial charge in [0, 0.05) is 25.0 Å². The fraction of sp³-hybridized carbons (Fsp3) is 0.545. The molecule has 1 aromatic rings. The van der Waals surface area contributed by atoms with Crippen molar-refractivity contribution in [3.63, 3.8) is 0 Å². The Kier molecular flexibility index (Phi) is 2.41. The fourth-order valence-electron chi connectivity index (χ4n) is 2.56. The number of nitrogens with one attached hydrogen (secondary N) is 1. The van der Waals surface area contributed by atoms with Crippen LogP contribution in [0.5, 0.6) is 0 Å². The van der Waals surface area contributed by atoms with Gasteiger partial charge in [0.15, 0.2) is 11.0 Å². The number of piperidine rings is 1. The van der Waals surface area contributed by atoms with E-state index < -0.39 is 0 Å². The van der Waals surface area contributed by atoms with Crippen LogP contribution < -0.4 is 5.32 Å². The molecule has 2 unspecified atom stereocenters. The number of nitrogens with zero attached hydrogens (tertiary/aromatic N) is 1. The predicted octanol–water partition coefficient (Wildman–Crippen LogP) is 1.37. The SMILES string of the molecule is O=C(c1ccc(Cl)o1)N1CC2CNCCC21. The first-order valence-corrected chi connectivity index (χ1v) is 5.90. The highest BCUT2D eigenvalue weighted by molar-refractivity contribution is 6.29. The van der Waals surface area contributed by atoms with Gasteiger partial charge >= 0.3 is 0 Å². The standard InChI is InChI=1S/C11H13ClN2O2/c12-10-2-1-9(16-10)11(15)14-6-7-5-13-4-3-8(7)14/h1-2,7-8,13H,3-6H2. The van der Waals surface area contributed by atoms with Gasteiger partial charge in [0.25, 0.3) is 5.91 Å². The summed E-state index contributed by atoms with van der Waals surface area (Å²) in [5.41, 5.74) is 0. The second-order valence-electron chi connectivity index (χ2n) is 4.38. The molecule has 3 heterocycles. The second kappa shape index (κ2) is 3.79. The maximum atomic E-state index is 12.0. The van der Waals surface area contributed by atoms with Crippen LogP contribution in [0.1, 0.15) is 17.0 Å². The molecule has 0 bridgehead atoms. The monoisotopic (exact) mass is 240 g/mol. The lowest BCUT2D eigenvalue weighted by molar-refractivity contribution is 0.000105. The maximum absolute atomic E-state index is 12.0. The molecule has 4 nitrogen and oxygen atoms in total.